The van der Waals surface area contributed by atoms with E-state index in [-0.39, 0.29) is 11.6 Å². The fraction of sp³-hybridized carbons (Fsp3) is 0.353. The lowest BCUT2D eigenvalue weighted by Gasteiger charge is -2.27. The molecule has 1 amide bonds. The van der Waals surface area contributed by atoms with Crippen LogP contribution in [0.2, 0.25) is 0 Å². The average molecular weight is 313 g/mol. The number of benzene rings is 1. The minimum Gasteiger partial charge on any atom is -0.451 e. The summed E-state index contributed by atoms with van der Waals surface area (Å²) < 4.78 is 5.00. The predicted octanol–water partition coefficient (Wildman–Crippen LogP) is 2.38. The summed E-state index contributed by atoms with van der Waals surface area (Å²) in [6, 6.07) is 11.2. The summed E-state index contributed by atoms with van der Waals surface area (Å²) in [4.78, 5) is 26.8. The Morgan fingerprint density at radius 2 is 2.09 bits per heavy atom. The molecule has 0 aliphatic carbocycles. The number of nitriles is 1. The molecule has 23 heavy (non-hydrogen) atoms. The summed E-state index contributed by atoms with van der Waals surface area (Å²) in [5, 5.41) is 12.6. The van der Waals surface area contributed by atoms with Gasteiger partial charge in [0.1, 0.15) is 11.2 Å². The lowest BCUT2D eigenvalue weighted by molar-refractivity contribution is -0.125. The van der Waals surface area contributed by atoms with Gasteiger partial charge in [-0.2, -0.15) is 5.26 Å². The fourth-order valence-electron chi connectivity index (χ4n) is 2.02. The van der Waals surface area contributed by atoms with E-state index >= 15 is 0 Å². The predicted molar refractivity (Wildman–Crippen MR) is 85.6 cm³/mol. The lowest BCUT2D eigenvalue weighted by atomic mass is 9.90. The van der Waals surface area contributed by atoms with Gasteiger partial charge >= 0.3 is 5.97 Å². The van der Waals surface area contributed by atoms with E-state index in [1.54, 1.807) is 13.0 Å². The third kappa shape index (κ3) is 3.69. The minimum absolute atomic E-state index is 0.0687. The number of aromatic amines is 1. The zero-order valence-electron chi connectivity index (χ0n) is 13.3. The number of esters is 1. The molecule has 0 radical (unpaired) electrons. The molecule has 0 aliphatic rings. The number of aromatic nitrogens is 1. The number of rotatable bonds is 5. The van der Waals surface area contributed by atoms with Gasteiger partial charge in [-0.25, -0.2) is 4.79 Å². The largest absolute Gasteiger partial charge is 0.451 e. The Morgan fingerprint density at radius 1 is 1.39 bits per heavy atom. The van der Waals surface area contributed by atoms with Gasteiger partial charge in [0.2, 0.25) is 0 Å². The number of amides is 1. The summed E-state index contributed by atoms with van der Waals surface area (Å²) in [5.41, 5.74) is 0.108. The quantitative estimate of drug-likeness (QED) is 0.828. The number of fused-ring (bicyclic) bond motifs is 1. The van der Waals surface area contributed by atoms with Gasteiger partial charge in [0.15, 0.2) is 6.61 Å². The summed E-state index contributed by atoms with van der Waals surface area (Å²) in [6.07, 6.45) is 0. The molecule has 120 valence electrons. The van der Waals surface area contributed by atoms with Crippen LogP contribution in [0.3, 0.4) is 0 Å². The molecule has 0 spiro atoms. The van der Waals surface area contributed by atoms with Crippen LogP contribution in [0.15, 0.2) is 30.3 Å². The third-order valence-electron chi connectivity index (χ3n) is 3.87. The number of H-pyrrole nitrogens is 1. The van der Waals surface area contributed by atoms with Crippen LogP contribution in [-0.2, 0) is 9.53 Å². The van der Waals surface area contributed by atoms with E-state index in [2.05, 4.69) is 16.4 Å². The van der Waals surface area contributed by atoms with Gasteiger partial charge in [-0.15, -0.1) is 0 Å². The minimum atomic E-state index is -0.995. The average Bonchev–Trinajstić information content (AvgIpc) is 2.96. The number of carbonyl (C=O) groups excluding carboxylic acids is 2. The summed E-state index contributed by atoms with van der Waals surface area (Å²) in [7, 11) is 0. The Balaban J connectivity index is 1.96. The number of nitrogens with one attached hydrogen (secondary N) is 2. The molecule has 0 saturated heterocycles. The van der Waals surface area contributed by atoms with Crippen LogP contribution in [0.5, 0.6) is 0 Å². The van der Waals surface area contributed by atoms with Crippen molar-refractivity contribution in [2.75, 3.05) is 6.61 Å². The normalized spacial score (nSPS) is 13.3. The van der Waals surface area contributed by atoms with E-state index in [4.69, 9.17) is 10.00 Å². The molecule has 0 aliphatic heterocycles. The molecule has 1 heterocycles. The van der Waals surface area contributed by atoms with Crippen molar-refractivity contribution in [2.45, 2.75) is 26.3 Å². The standard InChI is InChI=1S/C17H19N3O3/c1-11(2)17(3,10-18)20-15(21)9-23-16(22)14-8-12-6-4-5-7-13(12)19-14/h4-8,11,19H,9H2,1-3H3,(H,20,21)/t17-/m1/s1. The van der Waals surface area contributed by atoms with Gasteiger partial charge in [-0.1, -0.05) is 32.0 Å². The summed E-state index contributed by atoms with van der Waals surface area (Å²) in [6.45, 7) is 4.87. The maximum atomic E-state index is 12.0. The van der Waals surface area contributed by atoms with Crippen molar-refractivity contribution in [2.24, 2.45) is 5.92 Å². The zero-order valence-corrected chi connectivity index (χ0v) is 13.3. The Bertz CT molecular complexity index is 740. The van der Waals surface area contributed by atoms with Gasteiger partial charge in [0.25, 0.3) is 5.91 Å². The smallest absolute Gasteiger partial charge is 0.355 e. The van der Waals surface area contributed by atoms with Gasteiger partial charge in [0, 0.05) is 10.9 Å². The number of nitrogens with zero attached hydrogens (tertiary/aromatic N) is 1. The number of carbonyl (C=O) groups is 2. The van der Waals surface area contributed by atoms with Crippen LogP contribution in [0.4, 0.5) is 0 Å². The highest BCUT2D eigenvalue weighted by molar-refractivity contribution is 5.95. The first-order valence-corrected chi connectivity index (χ1v) is 7.33. The van der Waals surface area contributed by atoms with Crippen molar-refractivity contribution in [3.8, 4) is 6.07 Å². The van der Waals surface area contributed by atoms with E-state index in [0.29, 0.717) is 0 Å². The molecule has 1 aromatic heterocycles. The van der Waals surface area contributed by atoms with Gasteiger partial charge < -0.3 is 15.0 Å². The molecule has 0 saturated carbocycles. The van der Waals surface area contributed by atoms with Crippen molar-refractivity contribution in [3.63, 3.8) is 0 Å². The maximum absolute atomic E-state index is 12.0. The van der Waals surface area contributed by atoms with Crippen LogP contribution in [0.25, 0.3) is 10.9 Å². The molecule has 2 N–H and O–H groups in total. The van der Waals surface area contributed by atoms with E-state index in [9.17, 15) is 9.59 Å². The highest BCUT2D eigenvalue weighted by atomic mass is 16.5. The topological polar surface area (TPSA) is 95.0 Å². The monoisotopic (exact) mass is 313 g/mol. The number of hydrogen-bond donors (Lipinski definition) is 2. The Hall–Kier alpha value is -2.81. The first-order valence-electron chi connectivity index (χ1n) is 7.33. The van der Waals surface area contributed by atoms with E-state index < -0.39 is 24.0 Å². The van der Waals surface area contributed by atoms with Crippen LogP contribution in [0.1, 0.15) is 31.3 Å². The molecule has 0 bridgehead atoms. The van der Waals surface area contributed by atoms with Crippen molar-refractivity contribution in [3.05, 3.63) is 36.0 Å². The van der Waals surface area contributed by atoms with Gasteiger partial charge in [-0.05, 0) is 25.0 Å². The molecule has 6 heteroatoms. The molecule has 0 fully saturated rings. The van der Waals surface area contributed by atoms with Gasteiger partial charge in [-0.3, -0.25) is 4.79 Å². The molecule has 0 unspecified atom stereocenters. The van der Waals surface area contributed by atoms with Crippen molar-refractivity contribution in [1.29, 1.82) is 5.26 Å². The van der Waals surface area contributed by atoms with Crippen LogP contribution >= 0.6 is 0 Å². The third-order valence-corrected chi connectivity index (χ3v) is 3.87. The van der Waals surface area contributed by atoms with E-state index in [1.807, 2.05) is 38.1 Å². The van der Waals surface area contributed by atoms with Crippen LogP contribution in [0, 0.1) is 17.2 Å². The maximum Gasteiger partial charge on any atom is 0.355 e. The first-order chi connectivity index (χ1) is 10.9. The second-order valence-corrected chi connectivity index (χ2v) is 5.86. The molecular formula is C17H19N3O3. The van der Waals surface area contributed by atoms with E-state index in [0.717, 1.165) is 10.9 Å². The Labute approximate surface area is 134 Å². The van der Waals surface area contributed by atoms with Crippen LogP contribution < -0.4 is 5.32 Å². The van der Waals surface area contributed by atoms with Gasteiger partial charge in [0.05, 0.1) is 6.07 Å². The lowest BCUT2D eigenvalue weighted by Crippen LogP contribution is -2.50. The second kappa shape index (κ2) is 6.53. The first kappa shape index (κ1) is 16.6. The molecular weight excluding hydrogens is 294 g/mol. The van der Waals surface area contributed by atoms with Crippen molar-refractivity contribution >= 4 is 22.8 Å². The second-order valence-electron chi connectivity index (χ2n) is 5.86. The molecule has 2 rings (SSSR count). The van der Waals surface area contributed by atoms with Crippen LogP contribution in [-0.4, -0.2) is 29.0 Å². The Morgan fingerprint density at radius 3 is 2.70 bits per heavy atom. The number of hydrogen-bond acceptors (Lipinski definition) is 4. The number of para-hydroxylation sites is 1. The fourth-order valence-corrected chi connectivity index (χ4v) is 2.02. The summed E-state index contributed by atoms with van der Waals surface area (Å²) in [5.74, 6) is -1.19. The molecule has 1 atom stereocenters. The zero-order chi connectivity index (χ0) is 17.0. The van der Waals surface area contributed by atoms with Crippen molar-refractivity contribution in [1.82, 2.24) is 10.3 Å². The number of ether oxygens (including phenoxy) is 1. The van der Waals surface area contributed by atoms with Crippen molar-refractivity contribution < 1.29 is 14.3 Å². The highest BCUT2D eigenvalue weighted by Gasteiger charge is 2.30. The Kier molecular flexibility index (Phi) is 4.70. The molecule has 1 aromatic carbocycles. The van der Waals surface area contributed by atoms with E-state index in [1.165, 1.54) is 0 Å². The summed E-state index contributed by atoms with van der Waals surface area (Å²) >= 11 is 0. The molecule has 2 aromatic rings. The SMILES string of the molecule is CC(C)[C@@](C)(C#N)NC(=O)COC(=O)c1cc2ccccc2[nH]1. The highest BCUT2D eigenvalue weighted by Crippen LogP contribution is 2.16. The molecule has 6 nitrogen and oxygen atoms in total.